The van der Waals surface area contributed by atoms with Crippen LogP contribution in [0.5, 0.6) is 0 Å². The first-order valence-corrected chi connectivity index (χ1v) is 8.81. The molecule has 2 aromatic carbocycles. The second kappa shape index (κ2) is 8.89. The quantitative estimate of drug-likeness (QED) is 0.830. The van der Waals surface area contributed by atoms with E-state index in [0.29, 0.717) is 31.9 Å². The van der Waals surface area contributed by atoms with Crippen LogP contribution in [0.2, 0.25) is 0 Å². The number of carbonyl (C=O) groups excluding carboxylic acids is 1. The van der Waals surface area contributed by atoms with Crippen molar-refractivity contribution in [3.05, 3.63) is 71.5 Å². The lowest BCUT2D eigenvalue weighted by atomic mass is 10.0. The summed E-state index contributed by atoms with van der Waals surface area (Å²) < 4.78 is 19.7. The maximum atomic E-state index is 14.4. The summed E-state index contributed by atoms with van der Waals surface area (Å²) in [7, 11) is 0. The first-order chi connectivity index (χ1) is 12.7. The summed E-state index contributed by atoms with van der Waals surface area (Å²) in [5.74, 6) is -0.630. The van der Waals surface area contributed by atoms with E-state index in [0.717, 1.165) is 5.56 Å². The predicted octanol–water partition coefficient (Wildman–Crippen LogP) is 2.02. The second-order valence-corrected chi connectivity index (χ2v) is 6.33. The van der Waals surface area contributed by atoms with Gasteiger partial charge in [-0.1, -0.05) is 48.5 Å². The highest BCUT2D eigenvalue weighted by Crippen LogP contribution is 2.25. The average Bonchev–Trinajstić information content (AvgIpc) is 2.69. The summed E-state index contributed by atoms with van der Waals surface area (Å²) in [5, 5.41) is 2.89. The van der Waals surface area contributed by atoms with E-state index in [1.165, 1.54) is 6.07 Å². The maximum absolute atomic E-state index is 14.4. The molecule has 26 heavy (non-hydrogen) atoms. The second-order valence-electron chi connectivity index (χ2n) is 6.33. The van der Waals surface area contributed by atoms with Gasteiger partial charge in [0.05, 0.1) is 13.2 Å². The van der Waals surface area contributed by atoms with Gasteiger partial charge in [-0.15, -0.1) is 0 Å². The Morgan fingerprint density at radius 1 is 1.12 bits per heavy atom. The van der Waals surface area contributed by atoms with Gasteiger partial charge >= 0.3 is 0 Å². The Bertz CT molecular complexity index is 720. The molecule has 3 rings (SSSR count). The number of benzene rings is 2. The molecule has 1 heterocycles. The first-order valence-electron chi connectivity index (χ1n) is 8.81. The third kappa shape index (κ3) is 4.46. The van der Waals surface area contributed by atoms with E-state index in [1.807, 2.05) is 35.2 Å². The minimum absolute atomic E-state index is 0.247. The van der Waals surface area contributed by atoms with Gasteiger partial charge < -0.3 is 15.8 Å². The van der Waals surface area contributed by atoms with Crippen LogP contribution in [0.3, 0.4) is 0 Å². The lowest BCUT2D eigenvalue weighted by Crippen LogP contribution is -2.47. The monoisotopic (exact) mass is 357 g/mol. The summed E-state index contributed by atoms with van der Waals surface area (Å²) in [4.78, 5) is 14.9. The third-order valence-corrected chi connectivity index (χ3v) is 4.58. The largest absolute Gasteiger partial charge is 0.379 e. The van der Waals surface area contributed by atoms with Crippen LogP contribution >= 0.6 is 0 Å². The van der Waals surface area contributed by atoms with Crippen molar-refractivity contribution in [3.63, 3.8) is 0 Å². The van der Waals surface area contributed by atoms with Crippen molar-refractivity contribution in [1.82, 2.24) is 10.2 Å². The van der Waals surface area contributed by atoms with Crippen LogP contribution in [-0.2, 0) is 9.53 Å². The Kier molecular flexibility index (Phi) is 6.33. The summed E-state index contributed by atoms with van der Waals surface area (Å²) in [6, 6.07) is 15.0. The number of amides is 1. The number of morpholine rings is 1. The minimum Gasteiger partial charge on any atom is -0.379 e. The maximum Gasteiger partial charge on any atom is 0.242 e. The standard InChI is InChI=1S/C20H24FN3O2/c21-17-9-5-4-8-16(17)19(24-10-12-26-13-11-24)20(25)23-14-18(22)15-6-2-1-3-7-15/h1-9,18-19H,10-14,22H2,(H,23,25). The topological polar surface area (TPSA) is 67.6 Å². The van der Waals surface area contributed by atoms with Crippen molar-refractivity contribution in [2.45, 2.75) is 12.1 Å². The average molecular weight is 357 g/mol. The highest BCUT2D eigenvalue weighted by Gasteiger charge is 2.31. The summed E-state index contributed by atoms with van der Waals surface area (Å²) in [6.45, 7) is 2.51. The van der Waals surface area contributed by atoms with E-state index >= 15 is 0 Å². The van der Waals surface area contributed by atoms with E-state index in [2.05, 4.69) is 5.32 Å². The molecular formula is C20H24FN3O2. The fourth-order valence-electron chi connectivity index (χ4n) is 3.16. The van der Waals surface area contributed by atoms with Gasteiger partial charge in [0, 0.05) is 31.2 Å². The molecule has 1 aliphatic heterocycles. The van der Waals surface area contributed by atoms with Gasteiger partial charge in [-0.2, -0.15) is 0 Å². The number of nitrogens with two attached hydrogens (primary N) is 1. The smallest absolute Gasteiger partial charge is 0.242 e. The molecule has 0 aliphatic carbocycles. The number of hydrogen-bond donors (Lipinski definition) is 2. The number of nitrogens with one attached hydrogen (secondary N) is 1. The third-order valence-electron chi connectivity index (χ3n) is 4.58. The SMILES string of the molecule is NC(CNC(=O)C(c1ccccc1F)N1CCOCC1)c1ccccc1. The fraction of sp³-hybridized carbons (Fsp3) is 0.350. The molecule has 6 heteroatoms. The van der Waals surface area contributed by atoms with Crippen molar-refractivity contribution in [3.8, 4) is 0 Å². The lowest BCUT2D eigenvalue weighted by molar-refractivity contribution is -0.128. The lowest BCUT2D eigenvalue weighted by Gasteiger charge is -2.34. The molecule has 1 aliphatic rings. The molecule has 1 amide bonds. The zero-order valence-corrected chi connectivity index (χ0v) is 14.6. The molecule has 0 bridgehead atoms. The Morgan fingerprint density at radius 2 is 1.77 bits per heavy atom. The molecule has 0 spiro atoms. The molecule has 0 saturated carbocycles. The summed E-state index contributed by atoms with van der Waals surface area (Å²) in [5.41, 5.74) is 7.49. The fourth-order valence-corrected chi connectivity index (χ4v) is 3.16. The molecule has 1 fully saturated rings. The van der Waals surface area contributed by atoms with E-state index in [1.54, 1.807) is 18.2 Å². The summed E-state index contributed by atoms with van der Waals surface area (Å²) in [6.07, 6.45) is 0. The first kappa shape index (κ1) is 18.5. The van der Waals surface area contributed by atoms with Gasteiger partial charge in [0.1, 0.15) is 11.9 Å². The van der Waals surface area contributed by atoms with Crippen molar-refractivity contribution >= 4 is 5.91 Å². The van der Waals surface area contributed by atoms with Crippen molar-refractivity contribution < 1.29 is 13.9 Å². The molecule has 2 atom stereocenters. The minimum atomic E-state index is -0.692. The number of halogens is 1. The molecule has 2 unspecified atom stereocenters. The molecule has 5 nitrogen and oxygen atoms in total. The zero-order valence-electron chi connectivity index (χ0n) is 14.6. The Morgan fingerprint density at radius 3 is 2.46 bits per heavy atom. The van der Waals surface area contributed by atoms with Crippen molar-refractivity contribution in [2.24, 2.45) is 5.73 Å². The van der Waals surface area contributed by atoms with E-state index < -0.39 is 6.04 Å². The van der Waals surface area contributed by atoms with Crippen molar-refractivity contribution in [2.75, 3.05) is 32.8 Å². The normalized spacial score (nSPS) is 17.5. The molecule has 3 N–H and O–H groups in total. The van der Waals surface area contributed by atoms with Crippen LogP contribution in [0.1, 0.15) is 23.2 Å². The van der Waals surface area contributed by atoms with Crippen LogP contribution in [0, 0.1) is 5.82 Å². The van der Waals surface area contributed by atoms with Gasteiger partial charge in [0.25, 0.3) is 0 Å². The Labute approximate surface area is 152 Å². The number of hydrogen-bond acceptors (Lipinski definition) is 4. The van der Waals surface area contributed by atoms with Gasteiger partial charge in [-0.3, -0.25) is 9.69 Å². The van der Waals surface area contributed by atoms with Gasteiger partial charge in [0.2, 0.25) is 5.91 Å². The Balaban J connectivity index is 1.73. The predicted molar refractivity (Wildman–Crippen MR) is 97.9 cm³/mol. The zero-order chi connectivity index (χ0) is 18.4. The van der Waals surface area contributed by atoms with E-state index in [-0.39, 0.29) is 24.3 Å². The molecule has 138 valence electrons. The number of carbonyl (C=O) groups is 1. The molecule has 1 saturated heterocycles. The number of rotatable bonds is 6. The van der Waals surface area contributed by atoms with Crippen LogP contribution in [0.15, 0.2) is 54.6 Å². The molecule has 2 aromatic rings. The highest BCUT2D eigenvalue weighted by molar-refractivity contribution is 5.83. The molecule has 0 aromatic heterocycles. The van der Waals surface area contributed by atoms with E-state index in [4.69, 9.17) is 10.5 Å². The van der Waals surface area contributed by atoms with Gasteiger partial charge in [-0.25, -0.2) is 4.39 Å². The number of ether oxygens (including phenoxy) is 1. The van der Waals surface area contributed by atoms with Crippen LogP contribution in [0.25, 0.3) is 0 Å². The van der Waals surface area contributed by atoms with Crippen LogP contribution in [-0.4, -0.2) is 43.7 Å². The van der Waals surface area contributed by atoms with E-state index in [9.17, 15) is 9.18 Å². The van der Waals surface area contributed by atoms with Crippen LogP contribution in [0.4, 0.5) is 4.39 Å². The molecule has 0 radical (unpaired) electrons. The van der Waals surface area contributed by atoms with Gasteiger partial charge in [0.15, 0.2) is 0 Å². The number of nitrogens with zero attached hydrogens (tertiary/aromatic N) is 1. The van der Waals surface area contributed by atoms with Crippen LogP contribution < -0.4 is 11.1 Å². The highest BCUT2D eigenvalue weighted by atomic mass is 19.1. The Hall–Kier alpha value is -2.28. The van der Waals surface area contributed by atoms with Crippen molar-refractivity contribution in [1.29, 1.82) is 0 Å². The molecular weight excluding hydrogens is 333 g/mol. The summed E-state index contributed by atoms with van der Waals surface area (Å²) >= 11 is 0. The van der Waals surface area contributed by atoms with Gasteiger partial charge in [-0.05, 0) is 11.6 Å².